The normalized spacial score (nSPS) is 23.0. The molecule has 0 fully saturated rings. The number of alkyl halides is 3. The van der Waals surface area contributed by atoms with Gasteiger partial charge in [0.15, 0.2) is 0 Å². The SMILES string of the molecule is O=S(=O)(c1ccc(C(F)(F)F)nc1)n1ncc2c1C(O)C1NC2c2ccccc21. The number of aromatic nitrogens is 3. The quantitative estimate of drug-likeness (QED) is 0.658. The van der Waals surface area contributed by atoms with E-state index in [-0.39, 0.29) is 11.7 Å². The van der Waals surface area contributed by atoms with Crippen LogP contribution in [0.25, 0.3) is 0 Å². The first-order valence-corrected chi connectivity index (χ1v) is 10.0. The van der Waals surface area contributed by atoms with Crippen molar-refractivity contribution in [3.05, 3.63) is 76.9 Å². The van der Waals surface area contributed by atoms with Crippen molar-refractivity contribution in [3.63, 3.8) is 0 Å². The highest BCUT2D eigenvalue weighted by Gasteiger charge is 2.46. The Labute approximate surface area is 162 Å². The molecule has 0 radical (unpaired) electrons. The van der Waals surface area contributed by atoms with Crippen LogP contribution in [0.5, 0.6) is 0 Å². The number of halogens is 3. The number of nitrogens with zero attached hydrogens (tertiary/aromatic N) is 3. The minimum Gasteiger partial charge on any atom is -0.385 e. The van der Waals surface area contributed by atoms with E-state index >= 15 is 0 Å². The van der Waals surface area contributed by atoms with Crippen molar-refractivity contribution >= 4 is 10.0 Å². The Morgan fingerprint density at radius 1 is 1.03 bits per heavy atom. The second-order valence-electron chi connectivity index (χ2n) is 6.86. The van der Waals surface area contributed by atoms with E-state index in [0.717, 1.165) is 17.2 Å². The Hall–Kier alpha value is -2.76. The molecule has 3 aromatic rings. The van der Waals surface area contributed by atoms with Crippen molar-refractivity contribution in [1.82, 2.24) is 19.5 Å². The van der Waals surface area contributed by atoms with Crippen LogP contribution in [-0.4, -0.2) is 27.7 Å². The summed E-state index contributed by atoms with van der Waals surface area (Å²) < 4.78 is 64.9. The number of aliphatic hydroxyl groups excluding tert-OH is 1. The minimum atomic E-state index is -4.68. The van der Waals surface area contributed by atoms with Gasteiger partial charge in [-0.25, -0.2) is 0 Å². The highest BCUT2D eigenvalue weighted by atomic mass is 32.2. The van der Waals surface area contributed by atoms with Crippen LogP contribution in [0.4, 0.5) is 13.2 Å². The first-order chi connectivity index (χ1) is 13.7. The molecule has 3 atom stereocenters. The van der Waals surface area contributed by atoms with E-state index in [1.165, 1.54) is 6.20 Å². The largest absolute Gasteiger partial charge is 0.433 e. The van der Waals surface area contributed by atoms with E-state index in [4.69, 9.17) is 0 Å². The van der Waals surface area contributed by atoms with Gasteiger partial charge in [-0.15, -0.1) is 0 Å². The van der Waals surface area contributed by atoms with Crippen molar-refractivity contribution in [3.8, 4) is 0 Å². The average Bonchev–Trinajstić information content (AvgIpc) is 3.28. The van der Waals surface area contributed by atoms with Gasteiger partial charge in [-0.2, -0.15) is 30.8 Å². The molecule has 2 bridgehead atoms. The third kappa shape index (κ3) is 2.54. The van der Waals surface area contributed by atoms with E-state index in [0.29, 0.717) is 21.9 Å². The fourth-order valence-corrected chi connectivity index (χ4v) is 5.21. The van der Waals surface area contributed by atoms with Gasteiger partial charge < -0.3 is 5.11 Å². The number of fused-ring (bicyclic) bond motifs is 7. The Kier molecular flexibility index (Phi) is 3.70. The molecule has 2 aromatic heterocycles. The Morgan fingerprint density at radius 3 is 2.41 bits per heavy atom. The lowest BCUT2D eigenvalue weighted by Gasteiger charge is -2.28. The standard InChI is InChI=1S/C18H13F3N4O3S/c19-18(20,21)13-6-5-9(7-22-13)29(27,28)25-16-12(8-23-25)14-10-3-1-2-4-11(10)15(24-14)17(16)26/h1-8,14-15,17,24,26H. The molecule has 2 aliphatic heterocycles. The molecule has 0 aliphatic carbocycles. The number of pyridine rings is 1. The predicted molar refractivity (Wildman–Crippen MR) is 93.2 cm³/mol. The lowest BCUT2D eigenvalue weighted by Crippen LogP contribution is -2.33. The molecule has 0 amide bonds. The Bertz CT molecular complexity index is 1220. The van der Waals surface area contributed by atoms with E-state index in [1.54, 1.807) is 0 Å². The van der Waals surface area contributed by atoms with Crippen LogP contribution in [0.2, 0.25) is 0 Å². The van der Waals surface area contributed by atoms with Gasteiger partial charge in [0.25, 0.3) is 10.0 Å². The smallest absolute Gasteiger partial charge is 0.385 e. The predicted octanol–water partition coefficient (Wildman–Crippen LogP) is 2.31. The highest BCUT2D eigenvalue weighted by Crippen LogP contribution is 2.49. The number of aliphatic hydroxyl groups is 1. The molecule has 0 spiro atoms. The van der Waals surface area contributed by atoms with Gasteiger partial charge in [-0.1, -0.05) is 24.3 Å². The molecule has 7 nitrogen and oxygen atoms in total. The van der Waals surface area contributed by atoms with Gasteiger partial charge in [0.1, 0.15) is 16.7 Å². The van der Waals surface area contributed by atoms with E-state index in [1.807, 2.05) is 24.3 Å². The van der Waals surface area contributed by atoms with Gasteiger partial charge in [0.05, 0.1) is 24.0 Å². The summed E-state index contributed by atoms with van der Waals surface area (Å²) in [6, 6.07) is 8.01. The number of rotatable bonds is 2. The zero-order chi connectivity index (χ0) is 20.6. The van der Waals surface area contributed by atoms with Crippen molar-refractivity contribution in [2.75, 3.05) is 0 Å². The van der Waals surface area contributed by atoms with E-state index < -0.39 is 38.9 Å². The van der Waals surface area contributed by atoms with Crippen LogP contribution >= 0.6 is 0 Å². The zero-order valence-corrected chi connectivity index (χ0v) is 15.3. The van der Waals surface area contributed by atoms with Crippen molar-refractivity contribution < 1.29 is 26.7 Å². The molecule has 29 heavy (non-hydrogen) atoms. The zero-order valence-electron chi connectivity index (χ0n) is 14.5. The van der Waals surface area contributed by atoms with Gasteiger partial charge in [0.2, 0.25) is 0 Å². The summed E-state index contributed by atoms with van der Waals surface area (Å²) in [4.78, 5) is 2.76. The maximum atomic E-state index is 13.0. The first kappa shape index (κ1) is 18.3. The van der Waals surface area contributed by atoms with Gasteiger partial charge >= 0.3 is 6.18 Å². The second kappa shape index (κ2) is 5.88. The van der Waals surface area contributed by atoms with Crippen LogP contribution in [-0.2, 0) is 16.2 Å². The Morgan fingerprint density at radius 2 is 1.76 bits per heavy atom. The average molecular weight is 422 g/mol. The number of hydrogen-bond donors (Lipinski definition) is 2. The third-order valence-electron chi connectivity index (χ3n) is 5.25. The molecule has 1 aromatic carbocycles. The van der Waals surface area contributed by atoms with Crippen LogP contribution in [0.15, 0.2) is 53.7 Å². The summed E-state index contributed by atoms with van der Waals surface area (Å²) in [7, 11) is -4.35. The topological polar surface area (TPSA) is 97.1 Å². The number of nitrogens with one attached hydrogen (secondary N) is 1. The van der Waals surface area contributed by atoms with Crippen LogP contribution in [0.1, 0.15) is 46.3 Å². The van der Waals surface area contributed by atoms with Gasteiger partial charge in [-0.05, 0) is 23.3 Å². The molecule has 5 rings (SSSR count). The fraction of sp³-hybridized carbons (Fsp3) is 0.222. The summed E-state index contributed by atoms with van der Waals surface area (Å²) in [6.07, 6.45) is -3.89. The lowest BCUT2D eigenvalue weighted by molar-refractivity contribution is -0.141. The highest BCUT2D eigenvalue weighted by molar-refractivity contribution is 7.89. The second-order valence-corrected chi connectivity index (χ2v) is 8.63. The summed E-state index contributed by atoms with van der Waals surface area (Å²) in [6.45, 7) is 0. The monoisotopic (exact) mass is 422 g/mol. The molecule has 3 unspecified atom stereocenters. The van der Waals surface area contributed by atoms with Crippen LogP contribution < -0.4 is 5.32 Å². The van der Waals surface area contributed by atoms with Gasteiger partial charge in [0, 0.05) is 11.8 Å². The van der Waals surface area contributed by atoms with Crippen molar-refractivity contribution in [2.45, 2.75) is 29.3 Å². The van der Waals surface area contributed by atoms with Crippen LogP contribution in [0.3, 0.4) is 0 Å². The molecule has 11 heteroatoms. The molecule has 150 valence electrons. The summed E-state index contributed by atoms with van der Waals surface area (Å²) in [5, 5.41) is 18.1. The minimum absolute atomic E-state index is 0.0925. The lowest BCUT2D eigenvalue weighted by atomic mass is 9.99. The number of hydrogen-bond acceptors (Lipinski definition) is 6. The molecule has 0 saturated heterocycles. The molecular formula is C18H13F3N4O3S. The van der Waals surface area contributed by atoms with Crippen molar-refractivity contribution in [1.29, 1.82) is 0 Å². The maximum absolute atomic E-state index is 13.0. The first-order valence-electron chi connectivity index (χ1n) is 8.59. The summed E-state index contributed by atoms with van der Waals surface area (Å²) in [5.41, 5.74) is 1.18. The van der Waals surface area contributed by atoms with E-state index in [9.17, 15) is 26.7 Å². The third-order valence-corrected chi connectivity index (χ3v) is 6.83. The molecule has 4 heterocycles. The molecular weight excluding hydrogens is 409 g/mol. The van der Waals surface area contributed by atoms with Crippen LogP contribution in [0, 0.1) is 0 Å². The molecule has 0 saturated carbocycles. The molecule has 2 aliphatic rings. The fourth-order valence-electron chi connectivity index (χ4n) is 3.94. The maximum Gasteiger partial charge on any atom is 0.433 e. The molecule has 2 N–H and O–H groups in total. The number of benzene rings is 1. The van der Waals surface area contributed by atoms with E-state index in [2.05, 4.69) is 15.4 Å². The summed E-state index contributed by atoms with van der Waals surface area (Å²) in [5.74, 6) is 0. The van der Waals surface area contributed by atoms with Crippen molar-refractivity contribution in [2.24, 2.45) is 0 Å². The van der Waals surface area contributed by atoms with Gasteiger partial charge in [-0.3, -0.25) is 10.3 Å². The summed E-state index contributed by atoms with van der Waals surface area (Å²) >= 11 is 0. The Balaban J connectivity index is 1.61.